The van der Waals surface area contributed by atoms with E-state index in [9.17, 15) is 0 Å². The molecular weight excluding hydrogens is 188 g/mol. The highest BCUT2D eigenvalue weighted by atomic mass is 28.3. The molecule has 14 heavy (non-hydrogen) atoms. The Hall–Kier alpha value is -0.963. The molecule has 78 valence electrons. The number of rotatable bonds is 2. The van der Waals surface area contributed by atoms with Crippen molar-refractivity contribution >= 4 is 8.24 Å². The third-order valence-electron chi connectivity index (χ3n) is 2.04. The maximum absolute atomic E-state index is 2.35. The van der Waals surface area contributed by atoms with Crippen molar-refractivity contribution in [3.05, 3.63) is 36.3 Å². The molecule has 0 atom stereocenters. The topological polar surface area (TPSA) is 6.48 Å². The number of nitrogens with zero attached hydrogens (tertiary/aromatic N) is 2. The van der Waals surface area contributed by atoms with E-state index in [0.29, 0.717) is 0 Å². The second-order valence-corrected chi connectivity index (χ2v) is 9.66. The van der Waals surface area contributed by atoms with Crippen LogP contribution in [0.1, 0.15) is 0 Å². The van der Waals surface area contributed by atoms with E-state index in [1.165, 1.54) is 5.57 Å². The molecule has 0 saturated heterocycles. The van der Waals surface area contributed by atoms with Crippen LogP contribution in [-0.4, -0.2) is 31.8 Å². The summed E-state index contributed by atoms with van der Waals surface area (Å²) in [6.45, 7) is 7.01. The molecule has 1 aliphatic rings. The molecule has 2 nitrogen and oxygen atoms in total. The minimum Gasteiger partial charge on any atom is -0.383 e. The molecule has 0 fully saturated rings. The van der Waals surface area contributed by atoms with Crippen LogP contribution in [0, 0.1) is 0 Å². The quantitative estimate of drug-likeness (QED) is 0.644. The van der Waals surface area contributed by atoms with Crippen LogP contribution in [-0.2, 0) is 0 Å². The van der Waals surface area contributed by atoms with Gasteiger partial charge in [0.05, 0.1) is 0 Å². The fourth-order valence-corrected chi connectivity index (χ4v) is 2.31. The fraction of sp³-hybridized carbons (Fsp3) is 0.455. The van der Waals surface area contributed by atoms with Gasteiger partial charge in [0.25, 0.3) is 0 Å². The van der Waals surface area contributed by atoms with E-state index in [4.69, 9.17) is 0 Å². The Balaban J connectivity index is 2.71. The normalized spacial score (nSPS) is 16.1. The maximum atomic E-state index is 2.35. The van der Waals surface area contributed by atoms with Crippen LogP contribution in [0.4, 0.5) is 0 Å². The van der Waals surface area contributed by atoms with Crippen molar-refractivity contribution in [2.24, 2.45) is 0 Å². The maximum Gasteiger partial charge on any atom is 0.152 e. The predicted octanol–water partition coefficient (Wildman–Crippen LogP) is 2.61. The first-order valence-corrected chi connectivity index (χ1v) is 8.37. The van der Waals surface area contributed by atoms with Crippen molar-refractivity contribution in [3.63, 3.8) is 0 Å². The monoisotopic (exact) mass is 208 g/mol. The number of hydrogen-bond acceptors (Lipinski definition) is 2. The lowest BCUT2D eigenvalue weighted by atomic mass is 10.2. The van der Waals surface area contributed by atoms with Crippen LogP contribution in [0.3, 0.4) is 0 Å². The van der Waals surface area contributed by atoms with Crippen LogP contribution < -0.4 is 0 Å². The molecule has 0 saturated carbocycles. The summed E-state index contributed by atoms with van der Waals surface area (Å²) in [4.78, 5) is 2.06. The summed E-state index contributed by atoms with van der Waals surface area (Å²) in [6, 6.07) is 0. The predicted molar refractivity (Wildman–Crippen MR) is 65.2 cm³/mol. The zero-order valence-electron chi connectivity index (χ0n) is 9.78. The molecule has 0 unspecified atom stereocenters. The molecule has 0 aromatic heterocycles. The zero-order chi connectivity index (χ0) is 10.8. The van der Waals surface area contributed by atoms with Gasteiger partial charge in [0, 0.05) is 20.3 Å². The van der Waals surface area contributed by atoms with Gasteiger partial charge in [0.15, 0.2) is 8.24 Å². The van der Waals surface area contributed by atoms with Gasteiger partial charge in [-0.2, -0.15) is 0 Å². The molecule has 0 bridgehead atoms. The van der Waals surface area contributed by atoms with Crippen molar-refractivity contribution in [2.75, 3.05) is 14.1 Å². The second kappa shape index (κ2) is 4.05. The van der Waals surface area contributed by atoms with E-state index in [0.717, 1.165) is 0 Å². The molecule has 0 N–H and O–H groups in total. The average Bonchev–Trinajstić information content (AvgIpc) is 2.02. The Bertz CT molecular complexity index is 266. The Kier molecular flexibility index (Phi) is 3.21. The Morgan fingerprint density at radius 2 is 1.64 bits per heavy atom. The lowest BCUT2D eigenvalue weighted by Crippen LogP contribution is -2.38. The molecular formula is C11H20N2Si. The second-order valence-electron chi connectivity index (χ2n) is 4.80. The summed E-state index contributed by atoms with van der Waals surface area (Å²) >= 11 is 0. The molecule has 0 radical (unpaired) electrons. The molecule has 1 heterocycles. The van der Waals surface area contributed by atoms with E-state index in [1.807, 2.05) is 14.1 Å². The molecule has 0 aromatic rings. The van der Waals surface area contributed by atoms with E-state index in [2.05, 4.69) is 59.9 Å². The lowest BCUT2D eigenvalue weighted by molar-refractivity contribution is 0.560. The van der Waals surface area contributed by atoms with Gasteiger partial charge in [-0.05, 0) is 30.1 Å². The van der Waals surface area contributed by atoms with Crippen LogP contribution in [0.25, 0.3) is 0 Å². The highest BCUT2D eigenvalue weighted by Gasteiger charge is 2.19. The summed E-state index contributed by atoms with van der Waals surface area (Å²) in [6.07, 6.45) is 10.8. The van der Waals surface area contributed by atoms with Gasteiger partial charge >= 0.3 is 0 Å². The van der Waals surface area contributed by atoms with Crippen LogP contribution in [0.15, 0.2) is 36.3 Å². The smallest absolute Gasteiger partial charge is 0.152 e. The van der Waals surface area contributed by atoms with Gasteiger partial charge in [-0.1, -0.05) is 19.6 Å². The molecule has 1 aliphatic heterocycles. The number of hydrogen-bond donors (Lipinski definition) is 0. The zero-order valence-corrected chi connectivity index (χ0v) is 10.8. The summed E-state index contributed by atoms with van der Waals surface area (Å²) < 4.78 is 2.35. The van der Waals surface area contributed by atoms with Crippen molar-refractivity contribution in [2.45, 2.75) is 19.6 Å². The summed E-state index contributed by atoms with van der Waals surface area (Å²) in [5, 5.41) is 0. The van der Waals surface area contributed by atoms with E-state index in [-0.39, 0.29) is 0 Å². The highest BCUT2D eigenvalue weighted by Crippen LogP contribution is 2.16. The van der Waals surface area contributed by atoms with Crippen molar-refractivity contribution in [1.29, 1.82) is 0 Å². The highest BCUT2D eigenvalue weighted by molar-refractivity contribution is 6.73. The molecule has 0 aromatic carbocycles. The Labute approximate surface area is 88.3 Å². The first kappa shape index (κ1) is 11.1. The third kappa shape index (κ3) is 3.07. The summed E-state index contributed by atoms with van der Waals surface area (Å²) in [7, 11) is 2.88. The average molecular weight is 208 g/mol. The molecule has 1 rings (SSSR count). The van der Waals surface area contributed by atoms with Gasteiger partial charge in [-0.3, -0.25) is 0 Å². The Morgan fingerprint density at radius 1 is 1.14 bits per heavy atom. The third-order valence-corrected chi connectivity index (χ3v) is 3.88. The van der Waals surface area contributed by atoms with E-state index in [1.54, 1.807) is 0 Å². The van der Waals surface area contributed by atoms with Gasteiger partial charge in [-0.15, -0.1) is 0 Å². The minimum atomic E-state index is -1.21. The van der Waals surface area contributed by atoms with Gasteiger partial charge in [-0.25, -0.2) is 0 Å². The fourth-order valence-electron chi connectivity index (χ4n) is 1.27. The summed E-state index contributed by atoms with van der Waals surface area (Å²) in [5.74, 6) is 0. The molecule has 0 aliphatic carbocycles. The van der Waals surface area contributed by atoms with Gasteiger partial charge < -0.3 is 9.47 Å². The lowest BCUT2D eigenvalue weighted by Gasteiger charge is -2.31. The summed E-state index contributed by atoms with van der Waals surface area (Å²) in [5.41, 5.74) is 1.25. The first-order valence-electron chi connectivity index (χ1n) is 4.93. The van der Waals surface area contributed by atoms with Crippen LogP contribution in [0.5, 0.6) is 0 Å². The largest absolute Gasteiger partial charge is 0.383 e. The molecule has 0 amide bonds. The van der Waals surface area contributed by atoms with Gasteiger partial charge in [0.1, 0.15) is 0 Å². The SMILES string of the molecule is CN(C)C=C1C=CN([Si](C)(C)C)C=C1. The Morgan fingerprint density at radius 3 is 2.00 bits per heavy atom. The number of allylic oxidation sites excluding steroid dienone is 3. The van der Waals surface area contributed by atoms with Crippen molar-refractivity contribution in [1.82, 2.24) is 9.47 Å². The molecule has 3 heteroatoms. The van der Waals surface area contributed by atoms with Crippen LogP contribution in [0.2, 0.25) is 19.6 Å². The van der Waals surface area contributed by atoms with Crippen LogP contribution >= 0.6 is 0 Å². The first-order chi connectivity index (χ1) is 6.39. The standard InChI is InChI=1S/C11H20N2Si/c1-12(2)10-11-6-8-13(9-7-11)14(3,4)5/h6-10H,1-5H3. The van der Waals surface area contributed by atoms with Gasteiger partial charge in [0.2, 0.25) is 0 Å². The molecule has 0 spiro atoms. The minimum absolute atomic E-state index is 1.21. The van der Waals surface area contributed by atoms with Crippen molar-refractivity contribution in [3.8, 4) is 0 Å². The van der Waals surface area contributed by atoms with E-state index < -0.39 is 8.24 Å². The van der Waals surface area contributed by atoms with Crippen molar-refractivity contribution < 1.29 is 0 Å². The van der Waals surface area contributed by atoms with E-state index >= 15 is 0 Å².